The van der Waals surface area contributed by atoms with Crippen LogP contribution in [0.15, 0.2) is 10.6 Å². The zero-order valence-electron chi connectivity index (χ0n) is 9.85. The SMILES string of the molecule is Cc1cc(NC(=O)[C@H]2[C@@H](C(=O)O)C2(C)C)on1. The maximum atomic E-state index is 11.9. The smallest absolute Gasteiger partial charge is 0.307 e. The number of anilines is 1. The number of aromatic nitrogens is 1. The van der Waals surface area contributed by atoms with E-state index < -0.39 is 23.2 Å². The molecule has 1 heterocycles. The molecule has 1 aromatic heterocycles. The summed E-state index contributed by atoms with van der Waals surface area (Å²) < 4.78 is 4.85. The Balaban J connectivity index is 2.05. The van der Waals surface area contributed by atoms with Gasteiger partial charge < -0.3 is 9.63 Å². The summed E-state index contributed by atoms with van der Waals surface area (Å²) in [5, 5.41) is 15.1. The Hall–Kier alpha value is -1.85. The van der Waals surface area contributed by atoms with E-state index in [9.17, 15) is 9.59 Å². The van der Waals surface area contributed by atoms with Crippen molar-refractivity contribution in [2.24, 2.45) is 17.3 Å². The van der Waals surface area contributed by atoms with Gasteiger partial charge in [-0.2, -0.15) is 0 Å². The number of carboxylic acid groups (broad SMARTS) is 1. The van der Waals surface area contributed by atoms with Gasteiger partial charge in [0, 0.05) is 6.07 Å². The Labute approximate surface area is 98.0 Å². The van der Waals surface area contributed by atoms with Crippen LogP contribution in [0, 0.1) is 24.2 Å². The third-order valence-corrected chi connectivity index (χ3v) is 3.25. The number of carboxylic acids is 1. The van der Waals surface area contributed by atoms with Crippen molar-refractivity contribution in [2.75, 3.05) is 5.32 Å². The van der Waals surface area contributed by atoms with Crippen LogP contribution in [-0.4, -0.2) is 22.1 Å². The second-order valence-corrected chi connectivity index (χ2v) is 4.94. The third-order valence-electron chi connectivity index (χ3n) is 3.25. The highest BCUT2D eigenvalue weighted by molar-refractivity contribution is 5.98. The van der Waals surface area contributed by atoms with Gasteiger partial charge in [0.05, 0.1) is 17.5 Å². The molecule has 6 nitrogen and oxygen atoms in total. The second-order valence-electron chi connectivity index (χ2n) is 4.94. The van der Waals surface area contributed by atoms with Gasteiger partial charge >= 0.3 is 5.97 Å². The summed E-state index contributed by atoms with van der Waals surface area (Å²) in [5.41, 5.74) is 0.149. The minimum Gasteiger partial charge on any atom is -0.481 e. The lowest BCUT2D eigenvalue weighted by Crippen LogP contribution is -2.17. The normalized spacial score (nSPS) is 25.4. The number of rotatable bonds is 3. The average molecular weight is 238 g/mol. The van der Waals surface area contributed by atoms with Crippen molar-refractivity contribution >= 4 is 17.8 Å². The number of nitrogens with zero attached hydrogens (tertiary/aromatic N) is 1. The molecule has 2 atom stereocenters. The number of hydrogen-bond acceptors (Lipinski definition) is 4. The highest BCUT2D eigenvalue weighted by Crippen LogP contribution is 2.58. The Bertz CT molecular complexity index is 478. The summed E-state index contributed by atoms with van der Waals surface area (Å²) in [6, 6.07) is 1.59. The van der Waals surface area contributed by atoms with Gasteiger partial charge in [-0.25, -0.2) is 0 Å². The zero-order valence-corrected chi connectivity index (χ0v) is 9.85. The predicted molar refractivity (Wildman–Crippen MR) is 58.3 cm³/mol. The monoisotopic (exact) mass is 238 g/mol. The number of hydrogen-bond donors (Lipinski definition) is 2. The van der Waals surface area contributed by atoms with Gasteiger partial charge in [-0.1, -0.05) is 19.0 Å². The molecule has 0 spiro atoms. The van der Waals surface area contributed by atoms with Gasteiger partial charge in [-0.05, 0) is 12.3 Å². The molecule has 1 aliphatic carbocycles. The Morgan fingerprint density at radius 3 is 2.53 bits per heavy atom. The molecule has 0 bridgehead atoms. The van der Waals surface area contributed by atoms with E-state index in [1.807, 2.05) is 0 Å². The Kier molecular flexibility index (Phi) is 2.45. The maximum Gasteiger partial charge on any atom is 0.307 e. The molecular weight excluding hydrogens is 224 g/mol. The number of amides is 1. The molecule has 0 aliphatic heterocycles. The number of aryl methyl sites for hydroxylation is 1. The number of carbonyl (C=O) groups is 2. The summed E-state index contributed by atoms with van der Waals surface area (Å²) in [6.07, 6.45) is 0. The minimum absolute atomic E-state index is 0.249. The summed E-state index contributed by atoms with van der Waals surface area (Å²) >= 11 is 0. The van der Waals surface area contributed by atoms with E-state index in [4.69, 9.17) is 9.63 Å². The highest BCUT2D eigenvalue weighted by atomic mass is 16.5. The fourth-order valence-electron chi connectivity index (χ4n) is 2.21. The molecule has 2 N–H and O–H groups in total. The molecule has 0 unspecified atom stereocenters. The van der Waals surface area contributed by atoms with E-state index in [0.29, 0.717) is 5.69 Å². The van der Waals surface area contributed by atoms with Crippen LogP contribution in [0.5, 0.6) is 0 Å². The van der Waals surface area contributed by atoms with Crippen LogP contribution in [0.25, 0.3) is 0 Å². The lowest BCUT2D eigenvalue weighted by atomic mass is 10.1. The average Bonchev–Trinajstić information content (AvgIpc) is 2.54. The molecule has 6 heteroatoms. The third kappa shape index (κ3) is 1.90. The zero-order chi connectivity index (χ0) is 12.8. The summed E-state index contributed by atoms with van der Waals surface area (Å²) in [5.74, 6) is -2.18. The molecule has 0 aromatic carbocycles. The van der Waals surface area contributed by atoms with Crippen LogP contribution < -0.4 is 5.32 Å². The van der Waals surface area contributed by atoms with Crippen LogP contribution in [0.2, 0.25) is 0 Å². The fourth-order valence-corrected chi connectivity index (χ4v) is 2.21. The van der Waals surface area contributed by atoms with Gasteiger partial charge in [0.25, 0.3) is 0 Å². The maximum absolute atomic E-state index is 11.9. The molecule has 1 amide bonds. The lowest BCUT2D eigenvalue weighted by molar-refractivity contribution is -0.140. The largest absolute Gasteiger partial charge is 0.481 e. The van der Waals surface area contributed by atoms with Crippen molar-refractivity contribution in [2.45, 2.75) is 20.8 Å². The van der Waals surface area contributed by atoms with E-state index in [1.54, 1.807) is 26.8 Å². The number of nitrogens with one attached hydrogen (secondary N) is 1. The van der Waals surface area contributed by atoms with E-state index in [1.165, 1.54) is 0 Å². The minimum atomic E-state index is -0.941. The van der Waals surface area contributed by atoms with Gasteiger partial charge in [0.15, 0.2) is 0 Å². The fraction of sp³-hybridized carbons (Fsp3) is 0.545. The van der Waals surface area contributed by atoms with E-state index in [0.717, 1.165) is 0 Å². The first kappa shape index (κ1) is 11.6. The molecule has 0 radical (unpaired) electrons. The van der Waals surface area contributed by atoms with Gasteiger partial charge in [0.1, 0.15) is 0 Å². The Morgan fingerprint density at radius 2 is 2.12 bits per heavy atom. The summed E-state index contributed by atoms with van der Waals surface area (Å²) in [6.45, 7) is 5.27. The van der Waals surface area contributed by atoms with Crippen molar-refractivity contribution in [1.29, 1.82) is 0 Å². The number of carbonyl (C=O) groups excluding carboxylic acids is 1. The van der Waals surface area contributed by atoms with E-state index >= 15 is 0 Å². The summed E-state index contributed by atoms with van der Waals surface area (Å²) in [4.78, 5) is 22.8. The van der Waals surface area contributed by atoms with Gasteiger partial charge in [-0.15, -0.1) is 0 Å². The molecule has 1 aromatic rings. The molecule has 92 valence electrons. The van der Waals surface area contributed by atoms with Crippen LogP contribution in [0.3, 0.4) is 0 Å². The molecule has 1 fully saturated rings. The van der Waals surface area contributed by atoms with Crippen molar-refractivity contribution < 1.29 is 19.2 Å². The van der Waals surface area contributed by atoms with Crippen molar-refractivity contribution in [3.05, 3.63) is 11.8 Å². The first-order valence-electron chi connectivity index (χ1n) is 5.31. The first-order valence-corrected chi connectivity index (χ1v) is 5.31. The van der Waals surface area contributed by atoms with Crippen LogP contribution in [0.1, 0.15) is 19.5 Å². The molecule has 0 saturated heterocycles. The quantitative estimate of drug-likeness (QED) is 0.827. The van der Waals surface area contributed by atoms with Crippen molar-refractivity contribution in [3.8, 4) is 0 Å². The molecule has 1 saturated carbocycles. The Morgan fingerprint density at radius 1 is 1.47 bits per heavy atom. The lowest BCUT2D eigenvalue weighted by Gasteiger charge is -2.01. The second kappa shape index (κ2) is 3.58. The van der Waals surface area contributed by atoms with E-state index in [2.05, 4.69) is 10.5 Å². The van der Waals surface area contributed by atoms with Crippen molar-refractivity contribution in [1.82, 2.24) is 5.16 Å². The topological polar surface area (TPSA) is 92.4 Å². The van der Waals surface area contributed by atoms with Crippen LogP contribution in [-0.2, 0) is 9.59 Å². The van der Waals surface area contributed by atoms with Gasteiger partial charge in [-0.3, -0.25) is 14.9 Å². The molecular formula is C11H14N2O4. The molecule has 17 heavy (non-hydrogen) atoms. The van der Waals surface area contributed by atoms with Crippen LogP contribution >= 0.6 is 0 Å². The molecule has 1 aliphatic rings. The van der Waals surface area contributed by atoms with Crippen molar-refractivity contribution in [3.63, 3.8) is 0 Å². The van der Waals surface area contributed by atoms with Crippen LogP contribution in [0.4, 0.5) is 5.88 Å². The van der Waals surface area contributed by atoms with Gasteiger partial charge in [0.2, 0.25) is 11.8 Å². The number of aliphatic carboxylic acids is 1. The highest BCUT2D eigenvalue weighted by Gasteiger charge is 2.66. The standard InChI is InChI=1S/C11H14N2O4/c1-5-4-6(17-13-5)12-9(14)7-8(10(15)16)11(7,2)3/h4,7-8H,1-3H3,(H,12,14)(H,15,16)/t7-,8+/m1/s1. The molecule has 2 rings (SSSR count). The summed E-state index contributed by atoms with van der Waals surface area (Å²) in [7, 11) is 0. The van der Waals surface area contributed by atoms with E-state index in [-0.39, 0.29) is 11.8 Å². The first-order chi connectivity index (χ1) is 7.84. The predicted octanol–water partition coefficient (Wildman–Crippen LogP) is 1.28.